The predicted octanol–water partition coefficient (Wildman–Crippen LogP) is 2.40. The summed E-state index contributed by atoms with van der Waals surface area (Å²) < 4.78 is 6.40. The molecule has 0 aromatic heterocycles. The van der Waals surface area contributed by atoms with Gasteiger partial charge in [0.25, 0.3) is 0 Å². The van der Waals surface area contributed by atoms with E-state index in [0.29, 0.717) is 13.2 Å². The second-order valence-corrected chi connectivity index (χ2v) is 3.88. The molecule has 0 fully saturated rings. The fourth-order valence-corrected chi connectivity index (χ4v) is 1.86. The average Bonchev–Trinajstić information content (AvgIpc) is 2.04. The molecule has 0 bridgehead atoms. The monoisotopic (exact) mass is 263 g/mol. The minimum Gasteiger partial charge on any atom is -0.375 e. The first-order chi connectivity index (χ1) is 5.77. The first-order valence-electron chi connectivity index (χ1n) is 3.89. The highest BCUT2D eigenvalue weighted by Crippen LogP contribution is 2.25. The maximum absolute atomic E-state index is 5.86. The molecular weight excluding hydrogens is 253 g/mol. The standard InChI is InChI=1S/C9H10BrNO.ClH/c10-7-1-2-8-6(3-7)4-12-5-9(8)11;/h1-3,9H,4-5,11H2;1H/t9-;/m0./s1. The zero-order chi connectivity index (χ0) is 8.55. The average molecular weight is 265 g/mol. The molecule has 0 saturated heterocycles. The third-order valence-corrected chi connectivity index (χ3v) is 2.55. The topological polar surface area (TPSA) is 35.2 Å². The molecule has 0 radical (unpaired) electrons. The summed E-state index contributed by atoms with van der Waals surface area (Å²) in [6.07, 6.45) is 0. The van der Waals surface area contributed by atoms with Gasteiger partial charge in [0.15, 0.2) is 0 Å². The molecule has 1 atom stereocenters. The molecule has 1 aliphatic heterocycles. The van der Waals surface area contributed by atoms with E-state index in [4.69, 9.17) is 10.5 Å². The van der Waals surface area contributed by atoms with Gasteiger partial charge in [0.2, 0.25) is 0 Å². The zero-order valence-corrected chi connectivity index (χ0v) is 9.40. The lowest BCUT2D eigenvalue weighted by Crippen LogP contribution is -2.23. The summed E-state index contributed by atoms with van der Waals surface area (Å²) in [5, 5.41) is 0. The van der Waals surface area contributed by atoms with Crippen LogP contribution in [0.25, 0.3) is 0 Å². The maximum Gasteiger partial charge on any atom is 0.0721 e. The Morgan fingerprint density at radius 2 is 2.23 bits per heavy atom. The molecule has 0 amide bonds. The van der Waals surface area contributed by atoms with Crippen LogP contribution in [-0.2, 0) is 11.3 Å². The highest BCUT2D eigenvalue weighted by atomic mass is 79.9. The molecule has 72 valence electrons. The van der Waals surface area contributed by atoms with Gasteiger partial charge in [-0.3, -0.25) is 0 Å². The Balaban J connectivity index is 0.000000845. The van der Waals surface area contributed by atoms with E-state index in [-0.39, 0.29) is 18.4 Å². The molecule has 13 heavy (non-hydrogen) atoms. The van der Waals surface area contributed by atoms with Crippen LogP contribution >= 0.6 is 28.3 Å². The van der Waals surface area contributed by atoms with Gasteiger partial charge in [0, 0.05) is 4.47 Å². The molecule has 2 nitrogen and oxygen atoms in total. The highest BCUT2D eigenvalue weighted by molar-refractivity contribution is 9.10. The van der Waals surface area contributed by atoms with Crippen LogP contribution < -0.4 is 5.73 Å². The van der Waals surface area contributed by atoms with Crippen molar-refractivity contribution in [3.63, 3.8) is 0 Å². The molecule has 0 aliphatic carbocycles. The third-order valence-electron chi connectivity index (χ3n) is 2.06. The number of benzene rings is 1. The number of hydrogen-bond donors (Lipinski definition) is 1. The van der Waals surface area contributed by atoms with E-state index in [1.165, 1.54) is 11.1 Å². The number of rotatable bonds is 0. The van der Waals surface area contributed by atoms with Gasteiger partial charge in [-0.1, -0.05) is 22.0 Å². The Hall–Kier alpha value is -0.0900. The molecule has 4 heteroatoms. The number of hydrogen-bond acceptors (Lipinski definition) is 2. The lowest BCUT2D eigenvalue weighted by Gasteiger charge is -2.22. The van der Waals surface area contributed by atoms with Crippen molar-refractivity contribution in [2.45, 2.75) is 12.6 Å². The summed E-state index contributed by atoms with van der Waals surface area (Å²) in [6, 6.07) is 6.19. The van der Waals surface area contributed by atoms with Crippen molar-refractivity contribution >= 4 is 28.3 Å². The number of ether oxygens (including phenoxy) is 1. The molecule has 1 aromatic carbocycles. The Labute approximate surface area is 92.0 Å². The molecule has 0 spiro atoms. The Morgan fingerprint density at radius 3 is 3.00 bits per heavy atom. The van der Waals surface area contributed by atoms with E-state index >= 15 is 0 Å². The van der Waals surface area contributed by atoms with Gasteiger partial charge < -0.3 is 10.5 Å². The van der Waals surface area contributed by atoms with Gasteiger partial charge in [0.1, 0.15) is 0 Å². The zero-order valence-electron chi connectivity index (χ0n) is 7.00. The van der Waals surface area contributed by atoms with Crippen molar-refractivity contribution in [3.8, 4) is 0 Å². The van der Waals surface area contributed by atoms with Gasteiger partial charge in [-0.2, -0.15) is 0 Å². The number of nitrogens with two attached hydrogens (primary N) is 1. The van der Waals surface area contributed by atoms with E-state index in [1.54, 1.807) is 0 Å². The fraction of sp³-hybridized carbons (Fsp3) is 0.333. The van der Waals surface area contributed by atoms with Crippen molar-refractivity contribution in [1.29, 1.82) is 0 Å². The van der Waals surface area contributed by atoms with Gasteiger partial charge in [-0.15, -0.1) is 12.4 Å². The van der Waals surface area contributed by atoms with Crippen molar-refractivity contribution < 1.29 is 4.74 Å². The quantitative estimate of drug-likeness (QED) is 0.781. The molecule has 1 aliphatic rings. The van der Waals surface area contributed by atoms with Crippen LogP contribution in [0.5, 0.6) is 0 Å². The molecule has 0 saturated carbocycles. The fourth-order valence-electron chi connectivity index (χ4n) is 1.45. The van der Waals surface area contributed by atoms with E-state index in [0.717, 1.165) is 4.47 Å². The summed E-state index contributed by atoms with van der Waals surface area (Å²) in [6.45, 7) is 1.32. The van der Waals surface area contributed by atoms with Crippen molar-refractivity contribution in [1.82, 2.24) is 0 Å². The van der Waals surface area contributed by atoms with Gasteiger partial charge in [-0.25, -0.2) is 0 Å². The van der Waals surface area contributed by atoms with Crippen molar-refractivity contribution in [2.75, 3.05) is 6.61 Å². The SMILES string of the molecule is Cl.N[C@H]1COCc2cc(Br)ccc21. The van der Waals surface area contributed by atoms with E-state index in [9.17, 15) is 0 Å². The van der Waals surface area contributed by atoms with Gasteiger partial charge >= 0.3 is 0 Å². The summed E-state index contributed by atoms with van der Waals surface area (Å²) >= 11 is 3.41. The minimum atomic E-state index is 0. The second-order valence-electron chi connectivity index (χ2n) is 2.96. The van der Waals surface area contributed by atoms with Gasteiger partial charge in [-0.05, 0) is 23.3 Å². The Morgan fingerprint density at radius 1 is 1.46 bits per heavy atom. The van der Waals surface area contributed by atoms with Gasteiger partial charge in [0.05, 0.1) is 19.3 Å². The molecule has 2 N–H and O–H groups in total. The summed E-state index contributed by atoms with van der Waals surface area (Å²) in [7, 11) is 0. The van der Waals surface area contributed by atoms with Crippen LogP contribution in [-0.4, -0.2) is 6.61 Å². The van der Waals surface area contributed by atoms with Crippen molar-refractivity contribution in [2.24, 2.45) is 5.73 Å². The smallest absolute Gasteiger partial charge is 0.0721 e. The number of halogens is 2. The molecular formula is C9H11BrClNO. The summed E-state index contributed by atoms with van der Waals surface area (Å²) in [5.41, 5.74) is 8.27. The van der Waals surface area contributed by atoms with E-state index < -0.39 is 0 Å². The first-order valence-corrected chi connectivity index (χ1v) is 4.68. The number of fused-ring (bicyclic) bond motifs is 1. The third kappa shape index (κ3) is 2.23. The Kier molecular flexibility index (Phi) is 3.74. The van der Waals surface area contributed by atoms with Crippen LogP contribution in [0.1, 0.15) is 17.2 Å². The molecule has 0 unspecified atom stereocenters. The normalized spacial score (nSPS) is 20.3. The maximum atomic E-state index is 5.86. The second kappa shape index (κ2) is 4.42. The highest BCUT2D eigenvalue weighted by Gasteiger charge is 2.16. The molecule has 2 rings (SSSR count). The van der Waals surface area contributed by atoms with Crippen LogP contribution in [0.3, 0.4) is 0 Å². The first kappa shape index (κ1) is 11.0. The Bertz CT molecular complexity index is 306. The summed E-state index contributed by atoms with van der Waals surface area (Å²) in [4.78, 5) is 0. The summed E-state index contributed by atoms with van der Waals surface area (Å²) in [5.74, 6) is 0. The lowest BCUT2D eigenvalue weighted by molar-refractivity contribution is 0.0923. The van der Waals surface area contributed by atoms with Crippen LogP contribution in [0.15, 0.2) is 22.7 Å². The predicted molar refractivity (Wildman–Crippen MR) is 58.0 cm³/mol. The van der Waals surface area contributed by atoms with E-state index in [1.807, 2.05) is 6.07 Å². The minimum absolute atomic E-state index is 0. The van der Waals surface area contributed by atoms with Crippen LogP contribution in [0.4, 0.5) is 0 Å². The van der Waals surface area contributed by atoms with E-state index in [2.05, 4.69) is 28.1 Å². The molecule has 1 aromatic rings. The largest absolute Gasteiger partial charge is 0.375 e. The van der Waals surface area contributed by atoms with Crippen LogP contribution in [0, 0.1) is 0 Å². The van der Waals surface area contributed by atoms with Crippen molar-refractivity contribution in [3.05, 3.63) is 33.8 Å². The van der Waals surface area contributed by atoms with Crippen LogP contribution in [0.2, 0.25) is 0 Å². The molecule has 1 heterocycles. The lowest BCUT2D eigenvalue weighted by atomic mass is 10.0.